The Morgan fingerprint density at radius 3 is 1.80 bits per heavy atom. The van der Waals surface area contributed by atoms with Crippen molar-refractivity contribution in [3.8, 4) is 0 Å². The molecular weight excluding hydrogens is 713 g/mol. The molecule has 1 heterocycles. The van der Waals surface area contributed by atoms with Gasteiger partial charge in [-0.2, -0.15) is 4.57 Å². The van der Waals surface area contributed by atoms with E-state index in [2.05, 4.69) is 11.5 Å². The average Bonchev–Trinajstić information content (AvgIpc) is 3.38. The first-order chi connectivity index (χ1) is 23.1. The van der Waals surface area contributed by atoms with Crippen LogP contribution in [0.15, 0.2) is 50.5 Å². The summed E-state index contributed by atoms with van der Waals surface area (Å²) in [4.78, 5) is 17.9. The van der Waals surface area contributed by atoms with Gasteiger partial charge in [0.15, 0.2) is 0 Å². The Hall–Kier alpha value is -2.70. The highest BCUT2D eigenvalue weighted by Gasteiger charge is 2.25. The fourth-order valence-electron chi connectivity index (χ4n) is 5.25. The molecule has 3 rings (SSSR count). The second-order valence-electron chi connectivity index (χ2n) is 11.8. The van der Waals surface area contributed by atoms with E-state index in [0.29, 0.717) is 29.6 Å². The molecule has 17 heteroatoms. The van der Waals surface area contributed by atoms with E-state index in [1.54, 1.807) is 36.2 Å². The number of sulfonamides is 1. The zero-order valence-corrected chi connectivity index (χ0v) is 31.9. The van der Waals surface area contributed by atoms with Gasteiger partial charge in [0.2, 0.25) is 15.5 Å². The van der Waals surface area contributed by atoms with Gasteiger partial charge >= 0.3 is 0 Å². The number of nitro benzene ring substituents is 2. The standard InChI is InChI=1S/C26H45N2O2S3.C6H4N2O7S/c1-5-6-7-8-9-10-11-12-13-14-15-16-17-18-21-27(2)33(29,30)23-19-20-25-24(22-23)28(3)26(31-4)32-25;9-7(10)4-1-2-6(16(13,14)15)5(3-4)8(11)12/h19-20,22H,5-18,21H2,1-4H3;1-3H,(H,13,14,15)/q+1;/p-1. The minimum atomic E-state index is -5.04. The first-order valence-electron chi connectivity index (χ1n) is 16.5. The molecule has 0 bridgehead atoms. The summed E-state index contributed by atoms with van der Waals surface area (Å²) in [5.74, 6) is 0. The molecule has 1 aromatic heterocycles. The topological polar surface area (TPSA) is 185 Å². The van der Waals surface area contributed by atoms with Crippen molar-refractivity contribution in [3.63, 3.8) is 0 Å². The van der Waals surface area contributed by atoms with Crippen LogP contribution in [-0.2, 0) is 27.2 Å². The van der Waals surface area contributed by atoms with Crippen LogP contribution in [0.1, 0.15) is 96.8 Å². The number of nitrogens with zero attached hydrogens (tertiary/aromatic N) is 4. The third-order valence-corrected chi connectivity index (χ3v) is 13.2. The molecule has 0 aliphatic heterocycles. The van der Waals surface area contributed by atoms with Crippen molar-refractivity contribution in [1.29, 1.82) is 0 Å². The maximum absolute atomic E-state index is 13.0. The molecule has 13 nitrogen and oxygen atoms in total. The summed E-state index contributed by atoms with van der Waals surface area (Å²) < 4.78 is 63.8. The van der Waals surface area contributed by atoms with E-state index < -0.39 is 46.3 Å². The van der Waals surface area contributed by atoms with Gasteiger partial charge < -0.3 is 4.55 Å². The molecular formula is C32H48N4O9S4. The molecule has 0 radical (unpaired) electrons. The number of rotatable bonds is 21. The fraction of sp³-hybridized carbons (Fsp3) is 0.594. The normalized spacial score (nSPS) is 11.9. The number of fused-ring (bicyclic) bond motifs is 1. The van der Waals surface area contributed by atoms with Crippen LogP contribution in [-0.4, -0.2) is 55.4 Å². The molecule has 0 aliphatic carbocycles. The van der Waals surface area contributed by atoms with E-state index in [0.717, 1.165) is 23.1 Å². The molecule has 0 atom stereocenters. The number of nitro groups is 2. The molecule has 3 aromatic rings. The number of thiazole rings is 1. The molecule has 0 spiro atoms. The molecule has 0 saturated carbocycles. The van der Waals surface area contributed by atoms with Gasteiger partial charge in [-0.15, -0.1) is 0 Å². The van der Waals surface area contributed by atoms with E-state index in [9.17, 15) is 41.6 Å². The zero-order valence-electron chi connectivity index (χ0n) is 28.7. The Kier molecular flexibility index (Phi) is 18.1. The van der Waals surface area contributed by atoms with Gasteiger partial charge in [-0.3, -0.25) is 20.2 Å². The van der Waals surface area contributed by atoms with E-state index in [-0.39, 0.29) is 0 Å². The van der Waals surface area contributed by atoms with Gasteiger partial charge in [0.05, 0.1) is 20.8 Å². The lowest BCUT2D eigenvalue weighted by Crippen LogP contribution is -2.30. The molecule has 0 unspecified atom stereocenters. The summed E-state index contributed by atoms with van der Waals surface area (Å²) in [6.45, 7) is 2.86. The number of benzene rings is 2. The number of hydrogen-bond acceptors (Lipinski definition) is 11. The number of unbranched alkanes of at least 4 members (excludes halogenated alkanes) is 13. The lowest BCUT2D eigenvalue weighted by Gasteiger charge is -2.17. The monoisotopic (exact) mass is 760 g/mol. The molecule has 0 aliphatic rings. The summed E-state index contributed by atoms with van der Waals surface area (Å²) in [7, 11) is -4.77. The third-order valence-electron chi connectivity index (χ3n) is 8.09. The predicted octanol–water partition coefficient (Wildman–Crippen LogP) is 7.96. The minimum Gasteiger partial charge on any atom is -0.744 e. The van der Waals surface area contributed by atoms with Crippen molar-refractivity contribution in [1.82, 2.24) is 4.31 Å². The quantitative estimate of drug-likeness (QED) is 0.0258. The SMILES string of the molecule is CCCCCCCCCCCCCCCCN(C)S(=O)(=O)c1ccc2sc(SC)[n+](C)c2c1.O=[N+]([O-])c1ccc(S(=O)(=O)[O-])c([N+](=O)[O-])c1. The Labute approximate surface area is 298 Å². The summed E-state index contributed by atoms with van der Waals surface area (Å²) in [5, 5.41) is 20.7. The van der Waals surface area contributed by atoms with Gasteiger partial charge in [0, 0.05) is 25.7 Å². The first kappa shape index (κ1) is 42.5. The second-order valence-corrected chi connectivity index (χ2v) is 17.3. The highest BCUT2D eigenvalue weighted by molar-refractivity contribution is 8.00. The van der Waals surface area contributed by atoms with Crippen LogP contribution in [0.4, 0.5) is 11.4 Å². The highest BCUT2D eigenvalue weighted by Crippen LogP contribution is 2.29. The molecule has 0 N–H and O–H groups in total. The van der Waals surface area contributed by atoms with E-state index in [4.69, 9.17) is 0 Å². The largest absolute Gasteiger partial charge is 0.744 e. The third kappa shape index (κ3) is 13.5. The van der Waals surface area contributed by atoms with Crippen LogP contribution in [0.5, 0.6) is 0 Å². The summed E-state index contributed by atoms with van der Waals surface area (Å²) in [6.07, 6.45) is 20.4. The van der Waals surface area contributed by atoms with Crippen LogP contribution in [0.3, 0.4) is 0 Å². The number of aromatic nitrogens is 1. The Morgan fingerprint density at radius 1 is 0.796 bits per heavy atom. The lowest BCUT2D eigenvalue weighted by atomic mass is 10.0. The van der Waals surface area contributed by atoms with Crippen LogP contribution in [0.25, 0.3) is 10.2 Å². The van der Waals surface area contributed by atoms with Crippen molar-refractivity contribution >= 4 is 64.8 Å². The van der Waals surface area contributed by atoms with Gasteiger partial charge in [0.1, 0.15) is 26.8 Å². The summed E-state index contributed by atoms with van der Waals surface area (Å²) in [5.41, 5.74) is -0.793. The smallest absolute Gasteiger partial charge is 0.297 e. The van der Waals surface area contributed by atoms with E-state index in [1.807, 2.05) is 25.4 Å². The van der Waals surface area contributed by atoms with Crippen LogP contribution >= 0.6 is 23.1 Å². The maximum atomic E-state index is 13.0. The van der Waals surface area contributed by atoms with Gasteiger partial charge in [0.25, 0.3) is 15.7 Å². The van der Waals surface area contributed by atoms with Crippen molar-refractivity contribution in [2.75, 3.05) is 19.8 Å². The molecule has 49 heavy (non-hydrogen) atoms. The van der Waals surface area contributed by atoms with Crippen molar-refractivity contribution in [3.05, 3.63) is 56.6 Å². The van der Waals surface area contributed by atoms with Crippen LogP contribution in [0, 0.1) is 20.2 Å². The number of hydrogen-bond donors (Lipinski definition) is 0. The van der Waals surface area contributed by atoms with E-state index >= 15 is 0 Å². The minimum absolute atomic E-state index is 0.393. The number of non-ortho nitro benzene ring substituents is 1. The lowest BCUT2D eigenvalue weighted by molar-refractivity contribution is -0.676. The zero-order chi connectivity index (χ0) is 36.6. The second kappa shape index (κ2) is 20.8. The van der Waals surface area contributed by atoms with Crippen LogP contribution < -0.4 is 4.57 Å². The first-order valence-corrected chi connectivity index (χ1v) is 21.4. The Balaban J connectivity index is 0.000000435. The summed E-state index contributed by atoms with van der Waals surface area (Å²) >= 11 is 3.39. The molecule has 2 aromatic carbocycles. The molecule has 274 valence electrons. The molecule has 0 amide bonds. The number of thioether (sulfide) groups is 1. The van der Waals surface area contributed by atoms with Crippen LogP contribution in [0.2, 0.25) is 0 Å². The number of aryl methyl sites for hydroxylation is 1. The maximum Gasteiger partial charge on any atom is 0.297 e. The van der Waals surface area contributed by atoms with Crippen molar-refractivity contribution < 1.29 is 35.8 Å². The Morgan fingerprint density at radius 2 is 1.33 bits per heavy atom. The molecule has 0 fully saturated rings. The fourth-order valence-corrected chi connectivity index (χ4v) is 8.94. The molecule has 0 saturated heterocycles. The summed E-state index contributed by atoms with van der Waals surface area (Å²) in [6, 6.07) is 7.18. The average molecular weight is 761 g/mol. The van der Waals surface area contributed by atoms with Gasteiger partial charge in [-0.05, 0) is 42.6 Å². The predicted molar refractivity (Wildman–Crippen MR) is 193 cm³/mol. The Bertz CT molecular complexity index is 1750. The van der Waals surface area contributed by atoms with E-state index in [1.165, 1.54) is 85.7 Å². The van der Waals surface area contributed by atoms with Gasteiger partial charge in [-0.25, -0.2) is 21.1 Å². The van der Waals surface area contributed by atoms with Gasteiger partial charge in [-0.1, -0.05) is 102 Å². The van der Waals surface area contributed by atoms with Crippen molar-refractivity contribution in [2.24, 2.45) is 7.05 Å². The van der Waals surface area contributed by atoms with Crippen molar-refractivity contribution in [2.45, 2.75) is 111 Å². The highest BCUT2D eigenvalue weighted by atomic mass is 32.2.